The first-order valence-corrected chi connectivity index (χ1v) is 10.6. The lowest BCUT2D eigenvalue weighted by molar-refractivity contribution is -0.143. The molecule has 2 unspecified atom stereocenters. The van der Waals surface area contributed by atoms with E-state index >= 15 is 0 Å². The summed E-state index contributed by atoms with van der Waals surface area (Å²) in [5.41, 5.74) is -3.07. The Morgan fingerprint density at radius 1 is 0.914 bits per heavy atom. The largest absolute Gasteiger partial charge is 0.481 e. The molecule has 0 aliphatic carbocycles. The third-order valence-electron chi connectivity index (χ3n) is 5.44. The van der Waals surface area contributed by atoms with E-state index in [1.807, 2.05) is 0 Å². The van der Waals surface area contributed by atoms with Crippen molar-refractivity contribution in [3.8, 4) is 0 Å². The number of aryl methyl sites for hydroxylation is 1. The van der Waals surface area contributed by atoms with Crippen LogP contribution in [0.4, 0.5) is 26.3 Å². The molecule has 0 aromatic heterocycles. The predicted molar refractivity (Wildman–Crippen MR) is 115 cm³/mol. The summed E-state index contributed by atoms with van der Waals surface area (Å²) in [5, 5.41) is 19.6. The molecule has 2 aromatic carbocycles. The molecule has 0 saturated heterocycles. The first-order valence-electron chi connectivity index (χ1n) is 10.6. The molecule has 0 radical (unpaired) electrons. The normalized spacial score (nSPS) is 14.0. The number of halogens is 6. The second-order valence-electron chi connectivity index (χ2n) is 8.42. The molecule has 5 nitrogen and oxygen atoms in total. The highest BCUT2D eigenvalue weighted by molar-refractivity contribution is 5.94. The summed E-state index contributed by atoms with van der Waals surface area (Å²) in [6.07, 6.45) is -12.0. The van der Waals surface area contributed by atoms with Crippen molar-refractivity contribution in [2.24, 2.45) is 0 Å². The van der Waals surface area contributed by atoms with Gasteiger partial charge in [-0.2, -0.15) is 26.3 Å². The number of aliphatic carboxylic acids is 1. The van der Waals surface area contributed by atoms with Crippen molar-refractivity contribution in [3.05, 3.63) is 70.3 Å². The lowest BCUT2D eigenvalue weighted by Gasteiger charge is -2.36. The molecule has 192 valence electrons. The van der Waals surface area contributed by atoms with Gasteiger partial charge in [-0.1, -0.05) is 12.1 Å². The van der Waals surface area contributed by atoms with Crippen molar-refractivity contribution in [3.63, 3.8) is 0 Å². The number of carbonyl (C=O) groups excluding carboxylic acids is 1. The van der Waals surface area contributed by atoms with Gasteiger partial charge in [-0.15, -0.1) is 0 Å². The Bertz CT molecular complexity index is 1030. The van der Waals surface area contributed by atoms with Gasteiger partial charge in [0.15, 0.2) is 0 Å². The third kappa shape index (κ3) is 7.20. The summed E-state index contributed by atoms with van der Waals surface area (Å²) >= 11 is 0. The highest BCUT2D eigenvalue weighted by Crippen LogP contribution is 2.38. The van der Waals surface area contributed by atoms with Gasteiger partial charge in [0.1, 0.15) is 0 Å². The summed E-state index contributed by atoms with van der Waals surface area (Å²) in [5.74, 6) is -1.65. The van der Waals surface area contributed by atoms with E-state index in [0.717, 1.165) is 4.90 Å². The van der Waals surface area contributed by atoms with Gasteiger partial charge in [-0.25, -0.2) is 0 Å². The molecular weight excluding hydrogens is 480 g/mol. The summed E-state index contributed by atoms with van der Waals surface area (Å²) in [6, 6.07) is 5.13. The number of carboxylic acid groups (broad SMARTS) is 1. The fraction of sp³-hybridized carbons (Fsp3) is 0.417. The summed E-state index contributed by atoms with van der Waals surface area (Å²) in [4.78, 5) is 25.2. The van der Waals surface area contributed by atoms with E-state index in [2.05, 4.69) is 0 Å². The van der Waals surface area contributed by atoms with E-state index < -0.39 is 59.1 Å². The first kappa shape index (κ1) is 28.2. The minimum absolute atomic E-state index is 0.0329. The number of aliphatic hydroxyl groups is 1. The Labute approximate surface area is 198 Å². The SMILES string of the molecule is CC(C)N(C(=O)c1cccc(CCC(=O)O)c1)C(C)C(O)c1cc(C(F)(F)F)cc(C(F)(F)F)c1. The number of nitrogens with zero attached hydrogens (tertiary/aromatic N) is 1. The molecule has 2 atom stereocenters. The van der Waals surface area contributed by atoms with Crippen LogP contribution in [0.5, 0.6) is 0 Å². The minimum Gasteiger partial charge on any atom is -0.481 e. The van der Waals surface area contributed by atoms with E-state index in [4.69, 9.17) is 5.11 Å². The summed E-state index contributed by atoms with van der Waals surface area (Å²) in [7, 11) is 0. The zero-order valence-electron chi connectivity index (χ0n) is 19.1. The predicted octanol–water partition coefficient (Wildman–Crippen LogP) is 5.71. The van der Waals surface area contributed by atoms with Crippen molar-refractivity contribution >= 4 is 11.9 Å². The van der Waals surface area contributed by atoms with E-state index in [-0.39, 0.29) is 24.5 Å². The van der Waals surface area contributed by atoms with Crippen LogP contribution in [0.25, 0.3) is 0 Å². The molecule has 0 heterocycles. The lowest BCUT2D eigenvalue weighted by Crippen LogP contribution is -2.46. The Morgan fingerprint density at radius 3 is 1.91 bits per heavy atom. The van der Waals surface area contributed by atoms with Crippen LogP contribution >= 0.6 is 0 Å². The molecule has 0 bridgehead atoms. The standard InChI is InChI=1S/C24H25F6NO4/c1-13(2)31(22(35)16-6-4-5-15(9-16)7-8-20(32)33)14(3)21(34)17-10-18(23(25,26)27)12-19(11-17)24(28,29)30/h4-6,9-14,21,34H,7-8H2,1-3H3,(H,32,33). The molecule has 0 aliphatic rings. The number of carbonyl (C=O) groups is 2. The number of aliphatic hydroxyl groups excluding tert-OH is 1. The number of amides is 1. The van der Waals surface area contributed by atoms with Crippen LogP contribution in [-0.4, -0.2) is 39.1 Å². The van der Waals surface area contributed by atoms with Crippen LogP contribution < -0.4 is 0 Å². The quantitative estimate of drug-likeness (QED) is 0.451. The molecule has 0 aliphatic heterocycles. The van der Waals surface area contributed by atoms with E-state index in [9.17, 15) is 41.0 Å². The fourth-order valence-corrected chi connectivity index (χ4v) is 3.73. The van der Waals surface area contributed by atoms with Gasteiger partial charge in [0.2, 0.25) is 0 Å². The number of benzene rings is 2. The van der Waals surface area contributed by atoms with Gasteiger partial charge < -0.3 is 15.1 Å². The number of alkyl halides is 6. The molecule has 11 heteroatoms. The van der Waals surface area contributed by atoms with Gasteiger partial charge in [0.05, 0.1) is 23.3 Å². The van der Waals surface area contributed by atoms with Crippen LogP contribution in [-0.2, 0) is 23.6 Å². The number of carboxylic acids is 1. The molecule has 0 saturated carbocycles. The monoisotopic (exact) mass is 505 g/mol. The molecule has 1 amide bonds. The van der Waals surface area contributed by atoms with Crippen LogP contribution in [0.1, 0.15) is 65.9 Å². The van der Waals surface area contributed by atoms with Crippen LogP contribution in [0.15, 0.2) is 42.5 Å². The zero-order chi connectivity index (χ0) is 26.7. The van der Waals surface area contributed by atoms with E-state index in [0.29, 0.717) is 17.7 Å². The van der Waals surface area contributed by atoms with E-state index in [1.165, 1.54) is 25.1 Å². The first-order chi connectivity index (χ1) is 16.0. The molecule has 2 rings (SSSR count). The second kappa shape index (κ2) is 10.7. The van der Waals surface area contributed by atoms with Gasteiger partial charge in [0.25, 0.3) is 5.91 Å². The number of hydrogen-bond acceptors (Lipinski definition) is 3. The van der Waals surface area contributed by atoms with Gasteiger partial charge >= 0.3 is 18.3 Å². The molecule has 2 N–H and O–H groups in total. The minimum atomic E-state index is -5.08. The molecule has 35 heavy (non-hydrogen) atoms. The Morgan fingerprint density at radius 2 is 1.46 bits per heavy atom. The fourth-order valence-electron chi connectivity index (χ4n) is 3.73. The maximum atomic E-state index is 13.2. The average molecular weight is 505 g/mol. The van der Waals surface area contributed by atoms with Crippen molar-refractivity contribution in [2.45, 2.75) is 64.2 Å². The topological polar surface area (TPSA) is 77.8 Å². The van der Waals surface area contributed by atoms with Crippen molar-refractivity contribution < 1.29 is 46.1 Å². The van der Waals surface area contributed by atoms with Crippen LogP contribution in [0.3, 0.4) is 0 Å². The van der Waals surface area contributed by atoms with Crippen LogP contribution in [0.2, 0.25) is 0 Å². The summed E-state index contributed by atoms with van der Waals surface area (Å²) < 4.78 is 79.4. The van der Waals surface area contributed by atoms with Crippen molar-refractivity contribution in [1.82, 2.24) is 4.90 Å². The Balaban J connectivity index is 2.44. The molecule has 0 fully saturated rings. The highest BCUT2D eigenvalue weighted by atomic mass is 19.4. The third-order valence-corrected chi connectivity index (χ3v) is 5.44. The Kier molecular flexibility index (Phi) is 8.59. The number of hydrogen-bond donors (Lipinski definition) is 2. The van der Waals surface area contributed by atoms with Gasteiger partial charge in [-0.3, -0.25) is 9.59 Å². The molecule has 2 aromatic rings. The van der Waals surface area contributed by atoms with Crippen molar-refractivity contribution in [1.29, 1.82) is 0 Å². The highest BCUT2D eigenvalue weighted by Gasteiger charge is 2.39. The number of rotatable bonds is 8. The second-order valence-corrected chi connectivity index (χ2v) is 8.42. The van der Waals surface area contributed by atoms with E-state index in [1.54, 1.807) is 19.9 Å². The van der Waals surface area contributed by atoms with Gasteiger partial charge in [-0.05, 0) is 68.7 Å². The molecule has 0 spiro atoms. The van der Waals surface area contributed by atoms with Gasteiger partial charge in [0, 0.05) is 18.0 Å². The summed E-state index contributed by atoms with van der Waals surface area (Å²) in [6.45, 7) is 4.50. The maximum Gasteiger partial charge on any atom is 0.416 e. The molecular formula is C24H25F6NO4. The zero-order valence-corrected chi connectivity index (χ0v) is 19.1. The Hall–Kier alpha value is -3.08. The average Bonchev–Trinajstić information content (AvgIpc) is 2.75. The van der Waals surface area contributed by atoms with Crippen molar-refractivity contribution in [2.75, 3.05) is 0 Å². The smallest absolute Gasteiger partial charge is 0.416 e. The maximum absolute atomic E-state index is 13.2. The lowest BCUT2D eigenvalue weighted by atomic mass is 9.95. The van der Waals surface area contributed by atoms with Crippen LogP contribution in [0, 0.1) is 0 Å².